The molecule has 1 spiro atoms. The summed E-state index contributed by atoms with van der Waals surface area (Å²) in [6, 6.07) is 0. The molecule has 1 heterocycles. The Bertz CT molecular complexity index is 796. The van der Waals surface area contributed by atoms with Crippen molar-refractivity contribution in [3.8, 4) is 0 Å². The molecule has 4 aliphatic carbocycles. The zero-order chi connectivity index (χ0) is 18.7. The number of carbonyl (C=O) groups excluding carboxylic acids is 2. The predicted octanol–water partition coefficient (Wildman–Crippen LogP) is 2.99. The summed E-state index contributed by atoms with van der Waals surface area (Å²) in [5.74, 6) is 0.873. The lowest BCUT2D eigenvalue weighted by Crippen LogP contribution is -2.61. The lowest BCUT2D eigenvalue weighted by atomic mass is 9.45. The number of hydrogen-bond donors (Lipinski definition) is 1. The van der Waals surface area contributed by atoms with Gasteiger partial charge >= 0.3 is 0 Å². The van der Waals surface area contributed by atoms with Crippen LogP contribution in [0, 0.1) is 28.6 Å². The van der Waals surface area contributed by atoms with Crippen LogP contribution in [-0.2, 0) is 14.3 Å². The van der Waals surface area contributed by atoms with Gasteiger partial charge in [-0.3, -0.25) is 9.59 Å². The van der Waals surface area contributed by atoms with Crippen LogP contribution in [0.4, 0.5) is 0 Å². The number of rotatable bonds is 1. The molecule has 0 bridgehead atoms. The topological polar surface area (TPSA) is 66.9 Å². The molecular formula is C22H28O4. The summed E-state index contributed by atoms with van der Waals surface area (Å²) in [6.07, 6.45) is 8.77. The van der Waals surface area contributed by atoms with E-state index in [4.69, 9.17) is 4.74 Å². The van der Waals surface area contributed by atoms with Crippen molar-refractivity contribution in [2.45, 2.75) is 70.7 Å². The minimum absolute atomic E-state index is 0.0523. The maximum Gasteiger partial charge on any atom is 0.178 e. The van der Waals surface area contributed by atoms with E-state index in [9.17, 15) is 14.7 Å². The highest BCUT2D eigenvalue weighted by molar-refractivity contribution is 6.01. The van der Waals surface area contributed by atoms with E-state index in [1.165, 1.54) is 12.5 Å². The number of ketones is 2. The quantitative estimate of drug-likeness (QED) is 0.734. The highest BCUT2D eigenvalue weighted by atomic mass is 16.6. The van der Waals surface area contributed by atoms with E-state index in [2.05, 4.69) is 26.8 Å². The van der Waals surface area contributed by atoms with Crippen molar-refractivity contribution in [3.05, 3.63) is 23.8 Å². The summed E-state index contributed by atoms with van der Waals surface area (Å²) >= 11 is 0. The molecule has 1 N–H and O–H groups in total. The van der Waals surface area contributed by atoms with E-state index in [0.29, 0.717) is 18.3 Å². The zero-order valence-corrected chi connectivity index (χ0v) is 16.0. The van der Waals surface area contributed by atoms with E-state index in [1.54, 1.807) is 6.08 Å². The van der Waals surface area contributed by atoms with E-state index in [1.807, 2.05) is 6.08 Å². The minimum Gasteiger partial charge on any atom is -0.382 e. The van der Waals surface area contributed by atoms with Gasteiger partial charge in [-0.1, -0.05) is 25.5 Å². The first-order valence-corrected chi connectivity index (χ1v) is 9.97. The SMILES string of the molecule is CC(=O)[C@@]1(O)CCC2C3C[C@H](C)C4=CC(=O)C=C[C@]4(C)[C@@]34O[C@H]4C[C@@]21C. The third-order valence-corrected chi connectivity index (χ3v) is 9.00. The molecule has 0 aromatic carbocycles. The highest BCUT2D eigenvalue weighted by Gasteiger charge is 2.81. The molecule has 140 valence electrons. The minimum atomic E-state index is -1.23. The molecule has 1 aliphatic heterocycles. The number of epoxide rings is 1. The molecule has 1 saturated heterocycles. The van der Waals surface area contributed by atoms with Crippen LogP contribution in [0.5, 0.6) is 0 Å². The van der Waals surface area contributed by atoms with Gasteiger partial charge in [0.1, 0.15) is 11.2 Å². The van der Waals surface area contributed by atoms with Crippen molar-refractivity contribution < 1.29 is 19.4 Å². The molecule has 0 amide bonds. The summed E-state index contributed by atoms with van der Waals surface area (Å²) in [6.45, 7) is 8.07. The first kappa shape index (κ1) is 16.9. The fourth-order valence-corrected chi connectivity index (χ4v) is 7.62. The van der Waals surface area contributed by atoms with Crippen molar-refractivity contribution in [2.75, 3.05) is 0 Å². The van der Waals surface area contributed by atoms with Gasteiger partial charge in [0.15, 0.2) is 11.6 Å². The van der Waals surface area contributed by atoms with E-state index in [0.717, 1.165) is 19.3 Å². The zero-order valence-electron chi connectivity index (χ0n) is 16.0. The van der Waals surface area contributed by atoms with Crippen LogP contribution in [0.2, 0.25) is 0 Å². The van der Waals surface area contributed by atoms with Gasteiger partial charge in [0.2, 0.25) is 0 Å². The van der Waals surface area contributed by atoms with Crippen LogP contribution in [0.3, 0.4) is 0 Å². The number of allylic oxidation sites excluding steroid dienone is 2. The molecule has 0 radical (unpaired) electrons. The summed E-state index contributed by atoms with van der Waals surface area (Å²) in [5.41, 5.74) is -0.971. The number of ether oxygens (including phenoxy) is 1. The number of carbonyl (C=O) groups is 2. The van der Waals surface area contributed by atoms with Crippen molar-refractivity contribution in [3.63, 3.8) is 0 Å². The number of hydrogen-bond acceptors (Lipinski definition) is 4. The lowest BCUT2D eigenvalue weighted by molar-refractivity contribution is -0.155. The Morgan fingerprint density at radius 1 is 1.31 bits per heavy atom. The third kappa shape index (κ3) is 1.57. The monoisotopic (exact) mass is 356 g/mol. The van der Waals surface area contributed by atoms with E-state index >= 15 is 0 Å². The Morgan fingerprint density at radius 2 is 2.04 bits per heavy atom. The molecule has 4 fully saturated rings. The largest absolute Gasteiger partial charge is 0.382 e. The number of Topliss-reactive ketones (excluding diaryl/α,β-unsaturated/α-hetero) is 1. The van der Waals surface area contributed by atoms with Crippen LogP contribution in [0.25, 0.3) is 0 Å². The van der Waals surface area contributed by atoms with Crippen molar-refractivity contribution >= 4 is 11.6 Å². The smallest absolute Gasteiger partial charge is 0.178 e. The second-order valence-corrected chi connectivity index (χ2v) is 9.86. The Balaban J connectivity index is 1.63. The Hall–Kier alpha value is -1.26. The van der Waals surface area contributed by atoms with Gasteiger partial charge in [-0.15, -0.1) is 0 Å². The average Bonchev–Trinajstić information content (AvgIpc) is 3.23. The van der Waals surface area contributed by atoms with Crippen LogP contribution >= 0.6 is 0 Å². The molecule has 5 aliphatic rings. The van der Waals surface area contributed by atoms with Gasteiger partial charge in [-0.25, -0.2) is 0 Å². The molecular weight excluding hydrogens is 328 g/mol. The molecule has 4 nitrogen and oxygen atoms in total. The van der Waals surface area contributed by atoms with Gasteiger partial charge in [0, 0.05) is 10.8 Å². The predicted molar refractivity (Wildman–Crippen MR) is 96.3 cm³/mol. The van der Waals surface area contributed by atoms with Crippen LogP contribution < -0.4 is 0 Å². The molecule has 0 aromatic heterocycles. The van der Waals surface area contributed by atoms with Crippen molar-refractivity contribution in [1.82, 2.24) is 0 Å². The van der Waals surface area contributed by atoms with E-state index < -0.39 is 11.0 Å². The Labute approximate surface area is 154 Å². The molecule has 4 heteroatoms. The first-order chi connectivity index (χ1) is 12.1. The first-order valence-electron chi connectivity index (χ1n) is 9.97. The van der Waals surface area contributed by atoms with Gasteiger partial charge in [-0.05, 0) is 69.4 Å². The maximum atomic E-state index is 12.3. The third-order valence-electron chi connectivity index (χ3n) is 9.00. The summed E-state index contributed by atoms with van der Waals surface area (Å²) in [4.78, 5) is 24.4. The van der Waals surface area contributed by atoms with Crippen LogP contribution in [0.15, 0.2) is 23.8 Å². The summed E-state index contributed by atoms with van der Waals surface area (Å²) in [5, 5.41) is 11.3. The number of fused-ring (bicyclic) bond motifs is 3. The second-order valence-electron chi connectivity index (χ2n) is 9.86. The van der Waals surface area contributed by atoms with Gasteiger partial charge in [-0.2, -0.15) is 0 Å². The Morgan fingerprint density at radius 3 is 2.73 bits per heavy atom. The second kappa shape index (κ2) is 4.59. The Kier molecular flexibility index (Phi) is 2.98. The normalized spacial score (nSPS) is 56.8. The molecule has 0 aromatic rings. The van der Waals surface area contributed by atoms with Crippen LogP contribution in [-0.4, -0.2) is 34.0 Å². The fraction of sp³-hybridized carbons (Fsp3) is 0.727. The molecule has 26 heavy (non-hydrogen) atoms. The van der Waals surface area contributed by atoms with Crippen molar-refractivity contribution in [2.24, 2.45) is 28.6 Å². The molecule has 5 rings (SSSR count). The molecule has 3 saturated carbocycles. The van der Waals surface area contributed by atoms with Crippen molar-refractivity contribution in [1.29, 1.82) is 0 Å². The maximum absolute atomic E-state index is 12.3. The van der Waals surface area contributed by atoms with Gasteiger partial charge in [0.25, 0.3) is 0 Å². The van der Waals surface area contributed by atoms with Gasteiger partial charge in [0.05, 0.1) is 6.10 Å². The molecule has 2 unspecified atom stereocenters. The van der Waals surface area contributed by atoms with Gasteiger partial charge < -0.3 is 9.84 Å². The average molecular weight is 356 g/mol. The van der Waals surface area contributed by atoms with Crippen LogP contribution in [0.1, 0.15) is 53.4 Å². The fourth-order valence-electron chi connectivity index (χ4n) is 7.62. The van der Waals surface area contributed by atoms with E-state index in [-0.39, 0.29) is 34.6 Å². The summed E-state index contributed by atoms with van der Waals surface area (Å²) in [7, 11) is 0. The standard InChI is InChI=1S/C22H28O4/c1-12-9-17-15-6-8-21(25,13(2)23)20(15,4)11-18-22(17,26-18)19(3)7-5-14(24)10-16(12)19/h5,7,10,12,15,17-18,25H,6,8-9,11H2,1-4H3/t12-,15?,17?,18-,19-,20-,21-,22+/m0/s1. The summed E-state index contributed by atoms with van der Waals surface area (Å²) < 4.78 is 6.47. The highest BCUT2D eigenvalue weighted by Crippen LogP contribution is 2.76. The molecule has 8 atom stereocenters. The lowest BCUT2D eigenvalue weighted by Gasteiger charge is -2.57. The number of aliphatic hydroxyl groups is 1.